The normalized spacial score (nSPS) is 26.2. The number of hydrogen-bond acceptors (Lipinski definition) is 3. The Morgan fingerprint density at radius 1 is 1.60 bits per heavy atom. The third kappa shape index (κ3) is 1.86. The van der Waals surface area contributed by atoms with Crippen LogP contribution in [0.2, 0.25) is 0 Å². The molecule has 1 saturated heterocycles. The van der Waals surface area contributed by atoms with Crippen molar-refractivity contribution in [2.75, 3.05) is 18.0 Å². The molecule has 2 N–H and O–H groups in total. The summed E-state index contributed by atoms with van der Waals surface area (Å²) in [5, 5.41) is 0. The van der Waals surface area contributed by atoms with Crippen molar-refractivity contribution < 1.29 is 0 Å². The maximum atomic E-state index is 5.73. The molecule has 0 aromatic carbocycles. The molecule has 2 unspecified atom stereocenters. The van der Waals surface area contributed by atoms with Gasteiger partial charge in [-0.25, -0.2) is 4.98 Å². The first-order chi connectivity index (χ1) is 7.26. The fourth-order valence-electron chi connectivity index (χ4n) is 2.40. The van der Waals surface area contributed by atoms with E-state index < -0.39 is 0 Å². The number of nitrogens with zero attached hydrogens (tertiary/aromatic N) is 3. The van der Waals surface area contributed by atoms with Gasteiger partial charge in [0, 0.05) is 31.5 Å². The van der Waals surface area contributed by atoms with Crippen LogP contribution in [-0.4, -0.2) is 28.7 Å². The molecule has 15 heavy (non-hydrogen) atoms. The van der Waals surface area contributed by atoms with Gasteiger partial charge in [0.15, 0.2) is 0 Å². The van der Waals surface area contributed by atoms with E-state index >= 15 is 0 Å². The smallest absolute Gasteiger partial charge is 0.205 e. The van der Waals surface area contributed by atoms with Gasteiger partial charge in [-0.2, -0.15) is 0 Å². The van der Waals surface area contributed by atoms with Gasteiger partial charge in [0.25, 0.3) is 0 Å². The summed E-state index contributed by atoms with van der Waals surface area (Å²) in [6.45, 7) is 7.21. The number of anilines is 1. The first kappa shape index (κ1) is 10.5. The number of rotatable bonds is 3. The van der Waals surface area contributed by atoms with Crippen LogP contribution < -0.4 is 10.6 Å². The highest BCUT2D eigenvalue weighted by Gasteiger charge is 2.30. The number of hydrogen-bond donors (Lipinski definition) is 1. The van der Waals surface area contributed by atoms with Gasteiger partial charge in [0.2, 0.25) is 5.95 Å². The topological polar surface area (TPSA) is 47.1 Å². The van der Waals surface area contributed by atoms with Crippen LogP contribution >= 0.6 is 0 Å². The molecule has 2 rings (SSSR count). The average Bonchev–Trinajstić information content (AvgIpc) is 2.82. The Morgan fingerprint density at radius 3 is 3.00 bits per heavy atom. The van der Waals surface area contributed by atoms with E-state index in [2.05, 4.69) is 28.3 Å². The largest absolute Gasteiger partial charge is 0.339 e. The van der Waals surface area contributed by atoms with Crippen molar-refractivity contribution in [2.24, 2.45) is 11.7 Å². The number of aromatic nitrogens is 2. The van der Waals surface area contributed by atoms with Crippen LogP contribution in [0.25, 0.3) is 0 Å². The van der Waals surface area contributed by atoms with Crippen LogP contribution in [0.15, 0.2) is 12.4 Å². The number of imidazole rings is 1. The maximum absolute atomic E-state index is 5.73. The molecule has 2 heterocycles. The van der Waals surface area contributed by atoms with Crippen molar-refractivity contribution in [1.29, 1.82) is 0 Å². The lowest BCUT2D eigenvalue weighted by Crippen LogP contribution is -2.30. The average molecular weight is 208 g/mol. The summed E-state index contributed by atoms with van der Waals surface area (Å²) in [4.78, 5) is 6.81. The van der Waals surface area contributed by atoms with Crippen LogP contribution in [0, 0.1) is 5.92 Å². The molecule has 1 aromatic heterocycles. The van der Waals surface area contributed by atoms with Gasteiger partial charge in [-0.1, -0.05) is 0 Å². The van der Waals surface area contributed by atoms with Gasteiger partial charge < -0.3 is 15.2 Å². The zero-order chi connectivity index (χ0) is 10.8. The SMILES string of the molecule is CCn1ccnc1N1CC(CN)CC1C. The van der Waals surface area contributed by atoms with E-state index in [1.54, 1.807) is 0 Å². The van der Waals surface area contributed by atoms with Gasteiger partial charge in [0.05, 0.1) is 0 Å². The third-order valence-corrected chi connectivity index (χ3v) is 3.29. The zero-order valence-electron chi connectivity index (χ0n) is 9.56. The molecule has 84 valence electrons. The second kappa shape index (κ2) is 4.23. The summed E-state index contributed by atoms with van der Waals surface area (Å²) >= 11 is 0. The summed E-state index contributed by atoms with van der Waals surface area (Å²) in [5.74, 6) is 1.72. The molecule has 2 atom stereocenters. The minimum atomic E-state index is 0.561. The van der Waals surface area contributed by atoms with Crippen molar-refractivity contribution in [3.63, 3.8) is 0 Å². The lowest BCUT2D eigenvalue weighted by molar-refractivity contribution is 0.579. The predicted octanol–water partition coefficient (Wildman–Crippen LogP) is 1.08. The molecule has 0 spiro atoms. The Kier molecular flexibility index (Phi) is 2.95. The van der Waals surface area contributed by atoms with Crippen LogP contribution in [0.5, 0.6) is 0 Å². The quantitative estimate of drug-likeness (QED) is 0.808. The van der Waals surface area contributed by atoms with Crippen molar-refractivity contribution in [2.45, 2.75) is 32.9 Å². The summed E-state index contributed by atoms with van der Waals surface area (Å²) in [6, 6.07) is 0.561. The van der Waals surface area contributed by atoms with Gasteiger partial charge in [-0.3, -0.25) is 0 Å². The Morgan fingerprint density at radius 2 is 2.40 bits per heavy atom. The van der Waals surface area contributed by atoms with E-state index in [4.69, 9.17) is 5.73 Å². The molecule has 1 aliphatic rings. The maximum Gasteiger partial charge on any atom is 0.205 e. The van der Waals surface area contributed by atoms with Crippen molar-refractivity contribution >= 4 is 5.95 Å². The zero-order valence-corrected chi connectivity index (χ0v) is 9.56. The molecule has 0 bridgehead atoms. The molecule has 1 fully saturated rings. The molecule has 0 radical (unpaired) electrons. The predicted molar refractivity (Wildman–Crippen MR) is 61.9 cm³/mol. The van der Waals surface area contributed by atoms with E-state index in [-0.39, 0.29) is 0 Å². The Bertz CT molecular complexity index is 320. The fourth-order valence-corrected chi connectivity index (χ4v) is 2.40. The third-order valence-electron chi connectivity index (χ3n) is 3.29. The Labute approximate surface area is 91.1 Å². The van der Waals surface area contributed by atoms with Crippen LogP contribution in [0.1, 0.15) is 20.3 Å². The van der Waals surface area contributed by atoms with E-state index in [1.165, 1.54) is 6.42 Å². The molecular formula is C11H20N4. The van der Waals surface area contributed by atoms with Crippen LogP contribution in [0.4, 0.5) is 5.95 Å². The Balaban J connectivity index is 2.17. The lowest BCUT2D eigenvalue weighted by Gasteiger charge is -2.23. The van der Waals surface area contributed by atoms with E-state index in [1.807, 2.05) is 12.4 Å². The van der Waals surface area contributed by atoms with E-state index in [0.29, 0.717) is 12.0 Å². The van der Waals surface area contributed by atoms with Gasteiger partial charge >= 0.3 is 0 Å². The first-order valence-electron chi connectivity index (χ1n) is 5.74. The van der Waals surface area contributed by atoms with Crippen molar-refractivity contribution in [1.82, 2.24) is 9.55 Å². The van der Waals surface area contributed by atoms with Crippen LogP contribution in [0.3, 0.4) is 0 Å². The first-order valence-corrected chi connectivity index (χ1v) is 5.74. The van der Waals surface area contributed by atoms with Gasteiger partial charge in [-0.15, -0.1) is 0 Å². The highest BCUT2D eigenvalue weighted by molar-refractivity contribution is 5.35. The molecule has 4 nitrogen and oxygen atoms in total. The van der Waals surface area contributed by atoms with Gasteiger partial charge in [0.1, 0.15) is 0 Å². The van der Waals surface area contributed by atoms with Crippen molar-refractivity contribution in [3.8, 4) is 0 Å². The standard InChI is InChI=1S/C11H20N4/c1-3-14-5-4-13-11(14)15-8-10(7-12)6-9(15)2/h4-5,9-10H,3,6-8,12H2,1-2H3. The summed E-state index contributed by atoms with van der Waals surface area (Å²) in [5.41, 5.74) is 5.73. The molecule has 1 aliphatic heterocycles. The minimum Gasteiger partial charge on any atom is -0.339 e. The van der Waals surface area contributed by atoms with Crippen LogP contribution in [-0.2, 0) is 6.54 Å². The molecule has 0 saturated carbocycles. The summed E-state index contributed by atoms with van der Waals surface area (Å²) in [7, 11) is 0. The monoisotopic (exact) mass is 208 g/mol. The molecule has 0 aliphatic carbocycles. The second-order valence-corrected chi connectivity index (χ2v) is 4.35. The van der Waals surface area contributed by atoms with E-state index in [9.17, 15) is 0 Å². The summed E-state index contributed by atoms with van der Waals surface area (Å²) < 4.78 is 2.19. The fraction of sp³-hybridized carbons (Fsp3) is 0.727. The summed E-state index contributed by atoms with van der Waals surface area (Å²) in [6.07, 6.45) is 5.10. The second-order valence-electron chi connectivity index (χ2n) is 4.35. The van der Waals surface area contributed by atoms with Gasteiger partial charge in [-0.05, 0) is 32.7 Å². The molecular weight excluding hydrogens is 188 g/mol. The number of nitrogens with two attached hydrogens (primary N) is 1. The molecule has 4 heteroatoms. The highest BCUT2D eigenvalue weighted by atomic mass is 15.3. The van der Waals surface area contributed by atoms with E-state index in [0.717, 1.165) is 25.6 Å². The Hall–Kier alpha value is -1.03. The lowest BCUT2D eigenvalue weighted by atomic mass is 10.1. The molecule has 0 amide bonds. The molecule has 1 aromatic rings. The van der Waals surface area contributed by atoms with Crippen molar-refractivity contribution in [3.05, 3.63) is 12.4 Å². The minimum absolute atomic E-state index is 0.561. The highest BCUT2D eigenvalue weighted by Crippen LogP contribution is 2.27. The number of aryl methyl sites for hydroxylation is 1.